The fourth-order valence-corrected chi connectivity index (χ4v) is 4.23. The standard InChI is InChI=1S/C22H24FN5O2/c1-15-12-21(26-7-9-27(10-8-26)22(29)19-6-3-11-30-19)28-20(24-15)14-18(25-28)16-4-2-5-17(23)13-16/h2,4-5,12-14,19H,3,6-11H2,1H3/t19-/m1/s1. The minimum Gasteiger partial charge on any atom is -0.368 e. The highest BCUT2D eigenvalue weighted by atomic mass is 19.1. The lowest BCUT2D eigenvalue weighted by atomic mass is 10.1. The van der Waals surface area contributed by atoms with Crippen LogP contribution in [0.15, 0.2) is 36.4 Å². The van der Waals surface area contributed by atoms with Crippen molar-refractivity contribution in [3.05, 3.63) is 47.9 Å². The molecule has 2 aliphatic rings. The van der Waals surface area contributed by atoms with Crippen LogP contribution >= 0.6 is 0 Å². The molecule has 1 aromatic carbocycles. The molecule has 2 aromatic heterocycles. The topological polar surface area (TPSA) is 63.0 Å². The molecule has 0 radical (unpaired) electrons. The van der Waals surface area contributed by atoms with Gasteiger partial charge in [-0.25, -0.2) is 9.37 Å². The summed E-state index contributed by atoms with van der Waals surface area (Å²) in [7, 11) is 0. The molecule has 2 fully saturated rings. The molecule has 5 rings (SSSR count). The predicted octanol–water partition coefficient (Wildman–Crippen LogP) is 2.67. The smallest absolute Gasteiger partial charge is 0.251 e. The molecule has 2 aliphatic heterocycles. The number of carbonyl (C=O) groups excluding carboxylic acids is 1. The minimum absolute atomic E-state index is 0.107. The van der Waals surface area contributed by atoms with Gasteiger partial charge in [-0.3, -0.25) is 4.79 Å². The van der Waals surface area contributed by atoms with E-state index in [1.54, 1.807) is 6.07 Å². The Labute approximate surface area is 174 Å². The number of nitrogens with zero attached hydrogens (tertiary/aromatic N) is 5. The van der Waals surface area contributed by atoms with Gasteiger partial charge in [-0.05, 0) is 31.9 Å². The molecule has 0 N–H and O–H groups in total. The van der Waals surface area contributed by atoms with Crippen LogP contribution in [0, 0.1) is 12.7 Å². The fraction of sp³-hybridized carbons (Fsp3) is 0.409. The monoisotopic (exact) mass is 409 g/mol. The van der Waals surface area contributed by atoms with E-state index < -0.39 is 0 Å². The number of aromatic nitrogens is 3. The van der Waals surface area contributed by atoms with Crippen LogP contribution in [-0.4, -0.2) is 64.3 Å². The molecule has 7 nitrogen and oxygen atoms in total. The third-order valence-electron chi connectivity index (χ3n) is 5.78. The van der Waals surface area contributed by atoms with Crippen molar-refractivity contribution >= 4 is 17.4 Å². The summed E-state index contributed by atoms with van der Waals surface area (Å²) < 4.78 is 21.0. The number of benzene rings is 1. The number of halogens is 1. The van der Waals surface area contributed by atoms with Crippen molar-refractivity contribution in [2.75, 3.05) is 37.7 Å². The van der Waals surface area contributed by atoms with Gasteiger partial charge >= 0.3 is 0 Å². The third kappa shape index (κ3) is 3.52. The van der Waals surface area contributed by atoms with Crippen LogP contribution < -0.4 is 4.90 Å². The molecule has 0 aliphatic carbocycles. The van der Waals surface area contributed by atoms with E-state index in [0.29, 0.717) is 38.5 Å². The van der Waals surface area contributed by atoms with Crippen molar-refractivity contribution in [3.8, 4) is 11.3 Å². The molecule has 30 heavy (non-hydrogen) atoms. The number of fused-ring (bicyclic) bond motifs is 1. The van der Waals surface area contributed by atoms with Crippen molar-refractivity contribution in [3.63, 3.8) is 0 Å². The highest BCUT2D eigenvalue weighted by Crippen LogP contribution is 2.25. The van der Waals surface area contributed by atoms with Gasteiger partial charge in [0.1, 0.15) is 17.7 Å². The molecule has 4 heterocycles. The fourth-order valence-electron chi connectivity index (χ4n) is 4.23. The van der Waals surface area contributed by atoms with Crippen LogP contribution in [0.5, 0.6) is 0 Å². The molecular formula is C22H24FN5O2. The Morgan fingerprint density at radius 3 is 2.73 bits per heavy atom. The van der Waals surface area contributed by atoms with Crippen LogP contribution in [-0.2, 0) is 9.53 Å². The van der Waals surface area contributed by atoms with Gasteiger partial charge in [0.25, 0.3) is 5.91 Å². The molecule has 3 aromatic rings. The Morgan fingerprint density at radius 1 is 1.17 bits per heavy atom. The Kier molecular flexibility index (Phi) is 4.86. The molecule has 0 bridgehead atoms. The number of carbonyl (C=O) groups is 1. The minimum atomic E-state index is -0.291. The van der Waals surface area contributed by atoms with E-state index in [2.05, 4.69) is 9.88 Å². The van der Waals surface area contributed by atoms with Crippen LogP contribution in [0.4, 0.5) is 10.2 Å². The Morgan fingerprint density at radius 2 is 2.00 bits per heavy atom. The first-order valence-corrected chi connectivity index (χ1v) is 10.4. The predicted molar refractivity (Wildman–Crippen MR) is 111 cm³/mol. The largest absolute Gasteiger partial charge is 0.368 e. The molecule has 156 valence electrons. The maximum absolute atomic E-state index is 13.7. The highest BCUT2D eigenvalue weighted by Gasteiger charge is 2.31. The van der Waals surface area contributed by atoms with E-state index in [4.69, 9.17) is 9.84 Å². The van der Waals surface area contributed by atoms with Gasteiger partial charge in [0.15, 0.2) is 5.65 Å². The Hall–Kier alpha value is -3.00. The van der Waals surface area contributed by atoms with Gasteiger partial charge in [0.05, 0.1) is 5.69 Å². The summed E-state index contributed by atoms with van der Waals surface area (Å²) >= 11 is 0. The van der Waals surface area contributed by atoms with E-state index in [-0.39, 0.29) is 17.8 Å². The van der Waals surface area contributed by atoms with Gasteiger partial charge in [0.2, 0.25) is 0 Å². The van der Waals surface area contributed by atoms with Gasteiger partial charge in [-0.2, -0.15) is 9.61 Å². The number of hydrogen-bond donors (Lipinski definition) is 0. The number of anilines is 1. The SMILES string of the molecule is Cc1cc(N2CCN(C(=O)[C@H]3CCCO3)CC2)n2nc(-c3cccc(F)c3)cc2n1. The number of piperazine rings is 1. The van der Waals surface area contributed by atoms with Gasteiger partial charge in [-0.1, -0.05) is 12.1 Å². The van der Waals surface area contributed by atoms with E-state index >= 15 is 0 Å². The normalized spacial score (nSPS) is 19.6. The highest BCUT2D eigenvalue weighted by molar-refractivity contribution is 5.81. The summed E-state index contributed by atoms with van der Waals surface area (Å²) in [5, 5.41) is 4.70. The molecule has 2 saturated heterocycles. The Balaban J connectivity index is 1.40. The second kappa shape index (κ2) is 7.68. The van der Waals surface area contributed by atoms with E-state index in [1.807, 2.05) is 34.5 Å². The van der Waals surface area contributed by atoms with Crippen molar-refractivity contribution in [1.29, 1.82) is 0 Å². The lowest BCUT2D eigenvalue weighted by Gasteiger charge is -2.36. The lowest BCUT2D eigenvalue weighted by molar-refractivity contribution is -0.141. The molecule has 0 saturated carbocycles. The Bertz CT molecular complexity index is 1080. The number of amides is 1. The van der Waals surface area contributed by atoms with Crippen LogP contribution in [0.25, 0.3) is 16.9 Å². The van der Waals surface area contributed by atoms with E-state index in [0.717, 1.165) is 35.6 Å². The molecule has 1 amide bonds. The second-order valence-electron chi connectivity index (χ2n) is 7.88. The average molecular weight is 409 g/mol. The second-order valence-corrected chi connectivity index (χ2v) is 7.88. The zero-order valence-corrected chi connectivity index (χ0v) is 16.9. The summed E-state index contributed by atoms with van der Waals surface area (Å²) in [5.74, 6) is 0.751. The number of ether oxygens (including phenoxy) is 1. The van der Waals surface area contributed by atoms with E-state index in [9.17, 15) is 9.18 Å². The zero-order chi connectivity index (χ0) is 20.7. The van der Waals surface area contributed by atoms with Crippen LogP contribution in [0.1, 0.15) is 18.5 Å². The van der Waals surface area contributed by atoms with Crippen molar-refractivity contribution in [2.24, 2.45) is 0 Å². The van der Waals surface area contributed by atoms with Crippen molar-refractivity contribution in [1.82, 2.24) is 19.5 Å². The van der Waals surface area contributed by atoms with Crippen LogP contribution in [0.2, 0.25) is 0 Å². The zero-order valence-electron chi connectivity index (χ0n) is 16.9. The first-order chi connectivity index (χ1) is 14.6. The quantitative estimate of drug-likeness (QED) is 0.666. The summed E-state index contributed by atoms with van der Waals surface area (Å²) in [6.45, 7) is 5.37. The molecule has 0 spiro atoms. The number of hydrogen-bond acceptors (Lipinski definition) is 5. The maximum atomic E-state index is 13.7. The summed E-state index contributed by atoms with van der Waals surface area (Å²) in [4.78, 5) is 21.3. The molecule has 8 heteroatoms. The van der Waals surface area contributed by atoms with Gasteiger partial charge < -0.3 is 14.5 Å². The third-order valence-corrected chi connectivity index (χ3v) is 5.78. The van der Waals surface area contributed by atoms with Crippen LogP contribution in [0.3, 0.4) is 0 Å². The molecule has 0 unspecified atom stereocenters. The summed E-state index contributed by atoms with van der Waals surface area (Å²) in [5.41, 5.74) is 3.01. The summed E-state index contributed by atoms with van der Waals surface area (Å²) in [6.07, 6.45) is 1.50. The van der Waals surface area contributed by atoms with Crippen molar-refractivity contribution < 1.29 is 13.9 Å². The summed E-state index contributed by atoms with van der Waals surface area (Å²) in [6, 6.07) is 10.3. The van der Waals surface area contributed by atoms with E-state index in [1.165, 1.54) is 12.1 Å². The number of rotatable bonds is 3. The maximum Gasteiger partial charge on any atom is 0.251 e. The number of aryl methyl sites for hydroxylation is 1. The lowest BCUT2D eigenvalue weighted by Crippen LogP contribution is -2.51. The molecular weight excluding hydrogens is 385 g/mol. The molecule has 1 atom stereocenters. The van der Waals surface area contributed by atoms with Gasteiger partial charge in [0, 0.05) is 56.2 Å². The van der Waals surface area contributed by atoms with Gasteiger partial charge in [-0.15, -0.1) is 0 Å². The first kappa shape index (κ1) is 19.0. The first-order valence-electron chi connectivity index (χ1n) is 10.4. The average Bonchev–Trinajstić information content (AvgIpc) is 3.43. The van der Waals surface area contributed by atoms with Crippen molar-refractivity contribution in [2.45, 2.75) is 25.9 Å².